The van der Waals surface area contributed by atoms with Crippen molar-refractivity contribution in [2.24, 2.45) is 0 Å². The summed E-state index contributed by atoms with van der Waals surface area (Å²) in [5.41, 5.74) is 2.64. The molecular weight excluding hydrogens is 335 g/mol. The molecule has 106 valence electrons. The lowest BCUT2D eigenvalue weighted by Gasteiger charge is -2.19. The third-order valence-electron chi connectivity index (χ3n) is 3.11. The first kappa shape index (κ1) is 15.6. The maximum absolute atomic E-state index is 13.2. The van der Waals surface area contributed by atoms with Gasteiger partial charge in [0.15, 0.2) is 0 Å². The third-order valence-corrected chi connectivity index (χ3v) is 4.80. The van der Waals surface area contributed by atoms with Crippen molar-refractivity contribution < 1.29 is 4.39 Å². The maximum atomic E-state index is 13.2. The van der Waals surface area contributed by atoms with E-state index in [0.29, 0.717) is 4.47 Å². The van der Waals surface area contributed by atoms with Crippen LogP contribution < -0.4 is 0 Å². The SMILES string of the molecule is CC(C)(C)c1ccc(SCc2ccc(F)c(Br)c2)cc1. The molecule has 0 aliphatic heterocycles. The third kappa shape index (κ3) is 4.10. The van der Waals surface area contributed by atoms with Crippen molar-refractivity contribution in [2.45, 2.75) is 36.8 Å². The minimum atomic E-state index is -0.215. The Morgan fingerprint density at radius 2 is 1.70 bits per heavy atom. The molecule has 0 unspecified atom stereocenters. The molecule has 0 saturated heterocycles. The Bertz CT molecular complexity index is 585. The molecule has 0 aliphatic rings. The van der Waals surface area contributed by atoms with Crippen molar-refractivity contribution in [1.82, 2.24) is 0 Å². The normalized spacial score (nSPS) is 11.7. The van der Waals surface area contributed by atoms with E-state index in [1.54, 1.807) is 11.8 Å². The molecule has 0 spiro atoms. The van der Waals surface area contributed by atoms with Crippen molar-refractivity contribution in [2.75, 3.05) is 0 Å². The molecule has 3 heteroatoms. The fourth-order valence-corrected chi connectivity index (χ4v) is 3.11. The zero-order valence-electron chi connectivity index (χ0n) is 11.9. The van der Waals surface area contributed by atoms with Gasteiger partial charge in [0.05, 0.1) is 4.47 Å². The Labute approximate surface area is 132 Å². The molecule has 0 N–H and O–H groups in total. The smallest absolute Gasteiger partial charge is 0.137 e. The summed E-state index contributed by atoms with van der Waals surface area (Å²) in [5, 5.41) is 0. The highest BCUT2D eigenvalue weighted by molar-refractivity contribution is 9.10. The van der Waals surface area contributed by atoms with E-state index in [-0.39, 0.29) is 11.2 Å². The minimum absolute atomic E-state index is 0.186. The summed E-state index contributed by atoms with van der Waals surface area (Å²) in [7, 11) is 0. The van der Waals surface area contributed by atoms with Gasteiger partial charge >= 0.3 is 0 Å². The topological polar surface area (TPSA) is 0 Å². The Morgan fingerprint density at radius 1 is 1.05 bits per heavy atom. The van der Waals surface area contributed by atoms with Gasteiger partial charge in [-0.2, -0.15) is 0 Å². The van der Waals surface area contributed by atoms with Crippen LogP contribution in [0.25, 0.3) is 0 Å². The van der Waals surface area contributed by atoms with Crippen LogP contribution in [0.2, 0.25) is 0 Å². The standard InChI is InChI=1S/C17H18BrFS/c1-17(2,3)13-5-7-14(8-6-13)20-11-12-4-9-16(19)15(18)10-12/h4-10H,11H2,1-3H3. The molecule has 0 heterocycles. The Morgan fingerprint density at radius 3 is 2.25 bits per heavy atom. The van der Waals surface area contributed by atoms with Gasteiger partial charge in [-0.3, -0.25) is 0 Å². The van der Waals surface area contributed by atoms with Gasteiger partial charge in [0.1, 0.15) is 5.82 Å². The highest BCUT2D eigenvalue weighted by atomic mass is 79.9. The molecule has 2 aromatic carbocycles. The zero-order valence-corrected chi connectivity index (χ0v) is 14.3. The first-order valence-electron chi connectivity index (χ1n) is 6.53. The Balaban J connectivity index is 2.02. The monoisotopic (exact) mass is 352 g/mol. The van der Waals surface area contributed by atoms with Gasteiger partial charge in [0.25, 0.3) is 0 Å². The van der Waals surface area contributed by atoms with E-state index in [1.807, 2.05) is 12.1 Å². The van der Waals surface area contributed by atoms with Crippen LogP contribution in [0, 0.1) is 5.82 Å². The summed E-state index contributed by atoms with van der Waals surface area (Å²) in [6, 6.07) is 13.9. The van der Waals surface area contributed by atoms with E-state index in [4.69, 9.17) is 0 Å². The van der Waals surface area contributed by atoms with E-state index in [1.165, 1.54) is 16.5 Å². The van der Waals surface area contributed by atoms with Crippen LogP contribution in [0.5, 0.6) is 0 Å². The van der Waals surface area contributed by atoms with Crippen LogP contribution in [0.4, 0.5) is 4.39 Å². The van der Waals surface area contributed by atoms with E-state index < -0.39 is 0 Å². The molecule has 0 fully saturated rings. The van der Waals surface area contributed by atoms with Gasteiger partial charge < -0.3 is 0 Å². The second kappa shape index (κ2) is 6.31. The van der Waals surface area contributed by atoms with E-state index in [9.17, 15) is 4.39 Å². The summed E-state index contributed by atoms with van der Waals surface area (Å²) >= 11 is 4.98. The first-order valence-corrected chi connectivity index (χ1v) is 8.31. The summed E-state index contributed by atoms with van der Waals surface area (Å²) in [6.45, 7) is 6.64. The summed E-state index contributed by atoms with van der Waals surface area (Å²) in [4.78, 5) is 1.23. The average molecular weight is 353 g/mol. The van der Waals surface area contributed by atoms with Crippen LogP contribution in [-0.4, -0.2) is 0 Å². The lowest BCUT2D eigenvalue weighted by molar-refractivity contribution is 0.590. The van der Waals surface area contributed by atoms with Gasteiger partial charge in [-0.05, 0) is 56.7 Å². The first-order chi connectivity index (χ1) is 9.36. The van der Waals surface area contributed by atoms with Crippen LogP contribution >= 0.6 is 27.7 Å². The molecule has 0 saturated carbocycles. The van der Waals surface area contributed by atoms with Gasteiger partial charge in [-0.25, -0.2) is 4.39 Å². The number of hydrogen-bond donors (Lipinski definition) is 0. The van der Waals surface area contributed by atoms with Crippen molar-refractivity contribution in [3.8, 4) is 0 Å². The van der Waals surface area contributed by atoms with Crippen LogP contribution in [0.3, 0.4) is 0 Å². The lowest BCUT2D eigenvalue weighted by Crippen LogP contribution is -2.10. The van der Waals surface area contributed by atoms with E-state index >= 15 is 0 Å². The highest BCUT2D eigenvalue weighted by Crippen LogP contribution is 2.28. The zero-order chi connectivity index (χ0) is 14.8. The number of hydrogen-bond acceptors (Lipinski definition) is 1. The highest BCUT2D eigenvalue weighted by Gasteiger charge is 2.12. The molecule has 2 aromatic rings. The maximum Gasteiger partial charge on any atom is 0.137 e. The van der Waals surface area contributed by atoms with Crippen molar-refractivity contribution in [3.05, 3.63) is 63.9 Å². The average Bonchev–Trinajstić information content (AvgIpc) is 2.40. The Kier molecular flexibility index (Phi) is 4.92. The van der Waals surface area contributed by atoms with Crippen LogP contribution in [-0.2, 0) is 11.2 Å². The summed E-state index contributed by atoms with van der Waals surface area (Å²) < 4.78 is 13.7. The van der Waals surface area contributed by atoms with Crippen molar-refractivity contribution in [3.63, 3.8) is 0 Å². The van der Waals surface area contributed by atoms with Crippen molar-refractivity contribution >= 4 is 27.7 Å². The quantitative estimate of drug-likeness (QED) is 0.594. The largest absolute Gasteiger partial charge is 0.206 e. The van der Waals surface area contributed by atoms with E-state index in [0.717, 1.165) is 11.3 Å². The van der Waals surface area contributed by atoms with Gasteiger partial charge in [0, 0.05) is 10.6 Å². The predicted molar refractivity (Wildman–Crippen MR) is 88.8 cm³/mol. The summed E-state index contributed by atoms with van der Waals surface area (Å²) in [6.07, 6.45) is 0. The molecule has 0 bridgehead atoms. The van der Waals surface area contributed by atoms with Gasteiger partial charge in [0.2, 0.25) is 0 Å². The van der Waals surface area contributed by atoms with Crippen molar-refractivity contribution in [1.29, 1.82) is 0 Å². The molecule has 0 nitrogen and oxygen atoms in total. The van der Waals surface area contributed by atoms with Crippen LogP contribution in [0.1, 0.15) is 31.9 Å². The number of halogens is 2. The second-order valence-corrected chi connectivity index (χ2v) is 7.71. The molecule has 2 rings (SSSR count). The molecular formula is C17H18BrFS. The minimum Gasteiger partial charge on any atom is -0.206 e. The molecule has 0 aliphatic carbocycles. The molecule has 0 amide bonds. The number of rotatable bonds is 3. The second-order valence-electron chi connectivity index (χ2n) is 5.81. The molecule has 0 atom stereocenters. The lowest BCUT2D eigenvalue weighted by atomic mass is 9.87. The number of thioether (sulfide) groups is 1. The Hall–Kier alpha value is -0.800. The predicted octanol–water partition coefficient (Wildman–Crippen LogP) is 6.18. The number of benzene rings is 2. The fourth-order valence-electron chi connectivity index (χ4n) is 1.85. The van der Waals surface area contributed by atoms with E-state index in [2.05, 4.69) is 61.0 Å². The molecule has 0 radical (unpaired) electrons. The van der Waals surface area contributed by atoms with Crippen LogP contribution in [0.15, 0.2) is 51.8 Å². The summed E-state index contributed by atoms with van der Waals surface area (Å²) in [5.74, 6) is 0.626. The van der Waals surface area contributed by atoms with Gasteiger partial charge in [-0.15, -0.1) is 11.8 Å². The molecule has 0 aromatic heterocycles. The van der Waals surface area contributed by atoms with Gasteiger partial charge in [-0.1, -0.05) is 39.0 Å². The molecule has 20 heavy (non-hydrogen) atoms. The fraction of sp³-hybridized carbons (Fsp3) is 0.294.